The van der Waals surface area contributed by atoms with Crippen LogP contribution in [0.1, 0.15) is 12.8 Å². The van der Waals surface area contributed by atoms with Gasteiger partial charge in [-0.15, -0.1) is 0 Å². The van der Waals surface area contributed by atoms with Crippen molar-refractivity contribution in [3.8, 4) is 0 Å². The third-order valence-electron chi connectivity index (χ3n) is 3.05. The third kappa shape index (κ3) is 3.28. The van der Waals surface area contributed by atoms with Gasteiger partial charge < -0.3 is 11.1 Å². The number of carbonyl (C=O) groups excluding carboxylic acids is 1. The summed E-state index contributed by atoms with van der Waals surface area (Å²) in [5.74, 6) is -0.448. The SMILES string of the molecule is Nc1ccc([N+](=O)[O-])c(S(=O)(=O)NC2CCCNC2=O)c1. The number of carbonyl (C=O) groups is 1. The van der Waals surface area contributed by atoms with Crippen LogP contribution in [-0.2, 0) is 14.8 Å². The zero-order valence-corrected chi connectivity index (χ0v) is 11.7. The fourth-order valence-corrected chi connectivity index (χ4v) is 3.47. The number of amides is 1. The first-order valence-corrected chi connectivity index (χ1v) is 7.63. The van der Waals surface area contributed by atoms with Gasteiger partial charge in [0.15, 0.2) is 4.90 Å². The highest BCUT2D eigenvalue weighted by molar-refractivity contribution is 7.89. The maximum absolute atomic E-state index is 12.3. The maximum atomic E-state index is 12.3. The minimum absolute atomic E-state index is 0.0778. The van der Waals surface area contributed by atoms with Crippen molar-refractivity contribution in [3.05, 3.63) is 28.3 Å². The van der Waals surface area contributed by atoms with Crippen molar-refractivity contribution in [2.75, 3.05) is 12.3 Å². The van der Waals surface area contributed by atoms with Crippen LogP contribution in [0.3, 0.4) is 0 Å². The molecule has 1 saturated heterocycles. The predicted molar refractivity (Wildman–Crippen MR) is 73.9 cm³/mol. The molecule has 0 spiro atoms. The van der Waals surface area contributed by atoms with Crippen LogP contribution in [0.15, 0.2) is 23.1 Å². The van der Waals surface area contributed by atoms with Crippen molar-refractivity contribution in [2.24, 2.45) is 0 Å². The van der Waals surface area contributed by atoms with E-state index in [9.17, 15) is 23.3 Å². The number of nitrogens with one attached hydrogen (secondary N) is 2. The molecule has 0 saturated carbocycles. The number of piperidine rings is 1. The van der Waals surface area contributed by atoms with Crippen molar-refractivity contribution < 1.29 is 18.1 Å². The normalized spacial score (nSPS) is 19.0. The van der Waals surface area contributed by atoms with Crippen molar-refractivity contribution in [1.82, 2.24) is 10.0 Å². The quantitative estimate of drug-likeness (QED) is 0.396. The van der Waals surface area contributed by atoms with Crippen LogP contribution < -0.4 is 15.8 Å². The Balaban J connectivity index is 2.37. The van der Waals surface area contributed by atoms with Gasteiger partial charge in [0, 0.05) is 18.3 Å². The number of rotatable bonds is 4. The number of hydrogen-bond acceptors (Lipinski definition) is 6. The molecule has 0 aromatic heterocycles. The van der Waals surface area contributed by atoms with Gasteiger partial charge in [0.1, 0.15) is 6.04 Å². The van der Waals surface area contributed by atoms with E-state index in [0.717, 1.165) is 12.1 Å². The number of nitro groups is 1. The third-order valence-corrected chi connectivity index (χ3v) is 4.55. The predicted octanol–water partition coefficient (Wildman–Crippen LogP) is -0.266. The second kappa shape index (κ2) is 5.66. The van der Waals surface area contributed by atoms with Crippen LogP contribution in [0.2, 0.25) is 0 Å². The Kier molecular flexibility index (Phi) is 4.09. The number of nitrogens with two attached hydrogens (primary N) is 1. The zero-order valence-electron chi connectivity index (χ0n) is 10.9. The minimum atomic E-state index is -4.22. The van der Waals surface area contributed by atoms with E-state index in [0.29, 0.717) is 19.4 Å². The topological polar surface area (TPSA) is 144 Å². The molecule has 0 aliphatic carbocycles. The Labute approximate surface area is 120 Å². The molecule has 1 aromatic rings. The minimum Gasteiger partial charge on any atom is -0.399 e. The highest BCUT2D eigenvalue weighted by Gasteiger charge is 2.32. The molecule has 1 aliphatic heterocycles. The highest BCUT2D eigenvalue weighted by Crippen LogP contribution is 2.26. The lowest BCUT2D eigenvalue weighted by Crippen LogP contribution is -2.50. The van der Waals surface area contributed by atoms with Gasteiger partial charge in [0.05, 0.1) is 4.92 Å². The Morgan fingerprint density at radius 1 is 1.43 bits per heavy atom. The summed E-state index contributed by atoms with van der Waals surface area (Å²) < 4.78 is 26.7. The highest BCUT2D eigenvalue weighted by atomic mass is 32.2. The van der Waals surface area contributed by atoms with Crippen LogP contribution in [0, 0.1) is 10.1 Å². The van der Waals surface area contributed by atoms with Crippen LogP contribution in [0.25, 0.3) is 0 Å². The van der Waals surface area contributed by atoms with Gasteiger partial charge in [-0.2, -0.15) is 4.72 Å². The van der Waals surface area contributed by atoms with Gasteiger partial charge in [-0.3, -0.25) is 14.9 Å². The summed E-state index contributed by atoms with van der Waals surface area (Å²) >= 11 is 0. The first-order chi connectivity index (χ1) is 9.81. The van der Waals surface area contributed by atoms with Crippen molar-refractivity contribution >= 4 is 27.3 Å². The molecule has 2 rings (SSSR count). The largest absolute Gasteiger partial charge is 0.399 e. The number of sulfonamides is 1. The first kappa shape index (κ1) is 15.2. The van der Waals surface area contributed by atoms with E-state index in [1.54, 1.807) is 0 Å². The van der Waals surface area contributed by atoms with Gasteiger partial charge in [0.25, 0.3) is 5.69 Å². The van der Waals surface area contributed by atoms with Gasteiger partial charge in [-0.1, -0.05) is 0 Å². The van der Waals surface area contributed by atoms with Crippen molar-refractivity contribution in [2.45, 2.75) is 23.8 Å². The number of nitrogens with zero attached hydrogens (tertiary/aromatic N) is 1. The molecular weight excluding hydrogens is 300 g/mol. The standard InChI is InChI=1S/C11H14N4O5S/c12-7-3-4-9(15(17)18)10(6-7)21(19,20)14-8-2-1-5-13-11(8)16/h3-4,6,8,14H,1-2,5,12H2,(H,13,16). The summed E-state index contributed by atoms with van der Waals surface area (Å²) in [4.78, 5) is 21.2. The fourth-order valence-electron chi connectivity index (χ4n) is 2.03. The molecule has 1 unspecified atom stereocenters. The van der Waals surface area contributed by atoms with E-state index in [2.05, 4.69) is 10.0 Å². The van der Waals surface area contributed by atoms with Gasteiger partial charge in [-0.25, -0.2) is 8.42 Å². The fraction of sp³-hybridized carbons (Fsp3) is 0.364. The summed E-state index contributed by atoms with van der Waals surface area (Å²) in [6.45, 7) is 0.482. The molecule has 1 amide bonds. The molecule has 21 heavy (non-hydrogen) atoms. The van der Waals surface area contributed by atoms with E-state index in [1.165, 1.54) is 6.07 Å². The number of benzene rings is 1. The Bertz CT molecular complexity index is 688. The first-order valence-electron chi connectivity index (χ1n) is 6.15. The van der Waals surface area contributed by atoms with Crippen LogP contribution in [-0.4, -0.2) is 31.8 Å². The molecule has 1 aromatic carbocycles. The summed E-state index contributed by atoms with van der Waals surface area (Å²) in [5, 5.41) is 13.5. The molecular formula is C11H14N4O5S. The average Bonchev–Trinajstić information content (AvgIpc) is 2.41. The molecule has 4 N–H and O–H groups in total. The van der Waals surface area contributed by atoms with Gasteiger partial charge >= 0.3 is 0 Å². The van der Waals surface area contributed by atoms with Crippen molar-refractivity contribution in [1.29, 1.82) is 0 Å². The second-order valence-corrected chi connectivity index (χ2v) is 6.27. The monoisotopic (exact) mass is 314 g/mol. The maximum Gasteiger partial charge on any atom is 0.289 e. The average molecular weight is 314 g/mol. The molecule has 1 atom stereocenters. The summed E-state index contributed by atoms with van der Waals surface area (Å²) in [7, 11) is -4.22. The number of nitro benzene ring substituents is 1. The summed E-state index contributed by atoms with van der Waals surface area (Å²) in [6, 6.07) is 2.32. The lowest BCUT2D eigenvalue weighted by Gasteiger charge is -2.22. The van der Waals surface area contributed by atoms with Crippen LogP contribution >= 0.6 is 0 Å². The van der Waals surface area contributed by atoms with E-state index in [4.69, 9.17) is 5.73 Å². The molecule has 1 fully saturated rings. The summed E-state index contributed by atoms with van der Waals surface area (Å²) in [5.41, 5.74) is 4.98. The zero-order chi connectivity index (χ0) is 15.6. The molecule has 0 bridgehead atoms. The van der Waals surface area contributed by atoms with E-state index >= 15 is 0 Å². The summed E-state index contributed by atoms with van der Waals surface area (Å²) in [6.07, 6.45) is 0.957. The van der Waals surface area contributed by atoms with E-state index in [-0.39, 0.29) is 5.69 Å². The lowest BCUT2D eigenvalue weighted by atomic mass is 10.1. The second-order valence-electron chi connectivity index (χ2n) is 4.59. The number of anilines is 1. The molecule has 114 valence electrons. The van der Waals surface area contributed by atoms with Gasteiger partial charge in [-0.05, 0) is 25.0 Å². The molecule has 1 aliphatic rings. The smallest absolute Gasteiger partial charge is 0.289 e. The Morgan fingerprint density at radius 2 is 2.14 bits per heavy atom. The lowest BCUT2D eigenvalue weighted by molar-refractivity contribution is -0.387. The molecule has 0 radical (unpaired) electrons. The van der Waals surface area contributed by atoms with E-state index in [1.807, 2.05) is 0 Å². The van der Waals surface area contributed by atoms with Crippen LogP contribution in [0.4, 0.5) is 11.4 Å². The molecule has 1 heterocycles. The number of nitrogen functional groups attached to an aromatic ring is 1. The van der Waals surface area contributed by atoms with E-state index < -0.39 is 37.5 Å². The molecule has 9 nitrogen and oxygen atoms in total. The van der Waals surface area contributed by atoms with Crippen LogP contribution in [0.5, 0.6) is 0 Å². The molecule has 10 heteroatoms. The Hall–Kier alpha value is -2.20. The van der Waals surface area contributed by atoms with Crippen molar-refractivity contribution in [3.63, 3.8) is 0 Å². The number of hydrogen-bond donors (Lipinski definition) is 3. The van der Waals surface area contributed by atoms with Gasteiger partial charge in [0.2, 0.25) is 15.9 Å². The Morgan fingerprint density at radius 3 is 2.76 bits per heavy atom.